The Morgan fingerprint density at radius 2 is 0.640 bits per heavy atom. The quantitative estimate of drug-likeness (QED) is 0.126. The normalized spacial score (nSPS) is 11.2. The molecule has 0 bridgehead atoms. The minimum absolute atomic E-state index is 0.625. The Bertz CT molecular complexity index is 2020. The van der Waals surface area contributed by atoms with E-state index in [0.29, 0.717) is 34.1 Å². The molecule has 0 atom stereocenters. The number of rotatable bonds is 7. The summed E-state index contributed by atoms with van der Waals surface area (Å²) in [5, 5.41) is 1.50. The molecule has 0 N–H and O–H groups in total. The number of aromatic nitrogens is 3. The average molecular weight is 666 g/mol. The molecule has 6 aromatic rings. The maximum atomic E-state index is 5.03. The van der Waals surface area contributed by atoms with E-state index in [0.717, 1.165) is 38.9 Å². The van der Waals surface area contributed by atoms with Crippen molar-refractivity contribution in [2.24, 2.45) is 0 Å². The van der Waals surface area contributed by atoms with Crippen LogP contribution in [0.2, 0.25) is 16.6 Å². The smallest absolute Gasteiger partial charge is 0.164 e. The number of benzene rings is 5. The van der Waals surface area contributed by atoms with Crippen LogP contribution in [0.15, 0.2) is 133 Å². The van der Waals surface area contributed by atoms with Crippen LogP contribution in [0.4, 0.5) is 0 Å². The highest BCUT2D eigenvalue weighted by Crippen LogP contribution is 2.41. The molecule has 1 aromatic heterocycles. The molecule has 0 aliphatic carbocycles. The summed E-state index contributed by atoms with van der Waals surface area (Å²) in [4.78, 5) is 15.0. The first-order chi connectivity index (χ1) is 24.2. The van der Waals surface area contributed by atoms with Crippen LogP contribution < -0.4 is 5.19 Å². The van der Waals surface area contributed by atoms with E-state index >= 15 is 0 Å². The summed E-state index contributed by atoms with van der Waals surface area (Å²) in [5.74, 6) is 14.9. The SMILES string of the molecule is CC(C)[Si](c1ccc(-c2nc(-c3ccc(C#Cc4ccccc4)cc3)nc(-c3ccc(C#Cc4ccccc4)cc3)n2)cc1)(C(C)C)C(C)C. The topological polar surface area (TPSA) is 38.7 Å². The summed E-state index contributed by atoms with van der Waals surface area (Å²) >= 11 is 0. The molecule has 3 nitrogen and oxygen atoms in total. The third kappa shape index (κ3) is 7.52. The second kappa shape index (κ2) is 15.3. The molecule has 0 aliphatic rings. The van der Waals surface area contributed by atoms with Crippen molar-refractivity contribution >= 4 is 13.3 Å². The van der Waals surface area contributed by atoms with Gasteiger partial charge in [-0.05, 0) is 89.4 Å². The van der Waals surface area contributed by atoms with Gasteiger partial charge < -0.3 is 0 Å². The van der Waals surface area contributed by atoms with Gasteiger partial charge in [-0.25, -0.2) is 15.0 Å². The largest absolute Gasteiger partial charge is 0.208 e. The van der Waals surface area contributed by atoms with Crippen molar-refractivity contribution in [3.05, 3.63) is 156 Å². The summed E-state index contributed by atoms with van der Waals surface area (Å²) in [7, 11) is -1.80. The van der Waals surface area contributed by atoms with Gasteiger partial charge in [0.1, 0.15) is 0 Å². The first-order valence-corrected chi connectivity index (χ1v) is 19.7. The molecular weight excluding hydrogens is 623 g/mol. The van der Waals surface area contributed by atoms with Crippen LogP contribution in [0.1, 0.15) is 63.8 Å². The second-order valence-electron chi connectivity index (χ2n) is 13.7. The molecule has 0 aliphatic heterocycles. The van der Waals surface area contributed by atoms with E-state index in [1.807, 2.05) is 109 Å². The summed E-state index contributed by atoms with van der Waals surface area (Å²) < 4.78 is 0. The van der Waals surface area contributed by atoms with Crippen LogP contribution in [0.5, 0.6) is 0 Å². The zero-order valence-electron chi connectivity index (χ0n) is 29.8. The number of hydrogen-bond acceptors (Lipinski definition) is 3. The predicted molar refractivity (Wildman–Crippen MR) is 212 cm³/mol. The number of hydrogen-bond donors (Lipinski definition) is 0. The van der Waals surface area contributed by atoms with Crippen molar-refractivity contribution in [1.29, 1.82) is 0 Å². The highest BCUT2D eigenvalue weighted by molar-refractivity contribution is 6.95. The third-order valence-corrected chi connectivity index (χ3v) is 16.7. The monoisotopic (exact) mass is 665 g/mol. The molecule has 0 fully saturated rings. The molecule has 1 heterocycles. The highest BCUT2D eigenvalue weighted by Gasteiger charge is 2.44. The maximum absolute atomic E-state index is 5.03. The Morgan fingerprint density at radius 1 is 0.360 bits per heavy atom. The second-order valence-corrected chi connectivity index (χ2v) is 19.6. The van der Waals surface area contributed by atoms with E-state index in [1.54, 1.807) is 0 Å². The van der Waals surface area contributed by atoms with Crippen molar-refractivity contribution in [3.8, 4) is 57.8 Å². The molecule has 0 radical (unpaired) electrons. The lowest BCUT2D eigenvalue weighted by Crippen LogP contribution is -2.55. The van der Waals surface area contributed by atoms with Crippen LogP contribution in [0.3, 0.4) is 0 Å². The lowest BCUT2D eigenvalue weighted by atomic mass is 10.1. The van der Waals surface area contributed by atoms with Gasteiger partial charge in [-0.15, -0.1) is 0 Å². The van der Waals surface area contributed by atoms with E-state index in [1.165, 1.54) is 5.19 Å². The van der Waals surface area contributed by atoms with Crippen LogP contribution in [-0.2, 0) is 0 Å². The van der Waals surface area contributed by atoms with E-state index in [-0.39, 0.29) is 0 Å². The maximum Gasteiger partial charge on any atom is 0.164 e. The fourth-order valence-corrected chi connectivity index (χ4v) is 14.2. The Labute approximate surface area is 298 Å². The van der Waals surface area contributed by atoms with Crippen LogP contribution in [0, 0.1) is 23.7 Å². The molecule has 6 rings (SSSR count). The molecule has 0 unspecified atom stereocenters. The van der Waals surface area contributed by atoms with Gasteiger partial charge in [-0.3, -0.25) is 0 Å². The Morgan fingerprint density at radius 3 is 0.940 bits per heavy atom. The fourth-order valence-electron chi connectivity index (χ4n) is 7.41. The summed E-state index contributed by atoms with van der Waals surface area (Å²) in [6.07, 6.45) is 0. The summed E-state index contributed by atoms with van der Waals surface area (Å²) in [5.41, 5.74) is 8.53. The van der Waals surface area contributed by atoms with Crippen molar-refractivity contribution in [2.75, 3.05) is 0 Å². The van der Waals surface area contributed by atoms with Gasteiger partial charge >= 0.3 is 0 Å². The molecular formula is C46H43N3Si. The molecule has 0 saturated heterocycles. The van der Waals surface area contributed by atoms with Gasteiger partial charge in [-0.1, -0.05) is 131 Å². The van der Waals surface area contributed by atoms with Gasteiger partial charge in [0, 0.05) is 38.9 Å². The number of nitrogens with zero attached hydrogens (tertiary/aromatic N) is 3. The first-order valence-electron chi connectivity index (χ1n) is 17.5. The molecule has 4 heteroatoms. The molecule has 0 amide bonds. The van der Waals surface area contributed by atoms with Crippen molar-refractivity contribution in [3.63, 3.8) is 0 Å². The van der Waals surface area contributed by atoms with Crippen LogP contribution in [0.25, 0.3) is 34.2 Å². The van der Waals surface area contributed by atoms with Gasteiger partial charge in [0.15, 0.2) is 17.5 Å². The van der Waals surface area contributed by atoms with Gasteiger partial charge in [0.2, 0.25) is 0 Å². The predicted octanol–water partition coefficient (Wildman–Crippen LogP) is 10.6. The Kier molecular flexibility index (Phi) is 10.5. The molecule has 5 aromatic carbocycles. The highest BCUT2D eigenvalue weighted by atomic mass is 28.3. The summed E-state index contributed by atoms with van der Waals surface area (Å²) in [6, 6.07) is 45.4. The minimum Gasteiger partial charge on any atom is -0.208 e. The van der Waals surface area contributed by atoms with Gasteiger partial charge in [0.05, 0.1) is 8.07 Å². The lowest BCUT2D eigenvalue weighted by Gasteiger charge is -2.43. The molecule has 0 saturated carbocycles. The van der Waals surface area contributed by atoms with Gasteiger partial charge in [-0.2, -0.15) is 0 Å². The molecule has 50 heavy (non-hydrogen) atoms. The zero-order chi connectivity index (χ0) is 35.1. The molecule has 0 spiro atoms. The average Bonchev–Trinajstić information content (AvgIpc) is 3.14. The first kappa shape index (κ1) is 34.3. The van der Waals surface area contributed by atoms with E-state index in [4.69, 9.17) is 15.0 Å². The fraction of sp³-hybridized carbons (Fsp3) is 0.196. The van der Waals surface area contributed by atoms with Crippen LogP contribution in [-0.4, -0.2) is 23.0 Å². The zero-order valence-corrected chi connectivity index (χ0v) is 30.8. The lowest BCUT2D eigenvalue weighted by molar-refractivity contribution is 0.835. The Hall–Kier alpha value is -5.55. The Balaban J connectivity index is 1.38. The molecule has 246 valence electrons. The summed E-state index contributed by atoms with van der Waals surface area (Å²) in [6.45, 7) is 14.4. The van der Waals surface area contributed by atoms with Crippen molar-refractivity contribution in [2.45, 2.75) is 58.2 Å². The standard InChI is InChI=1S/C46H43N3Si/c1-33(2)50(34(3)4,35(5)6)43-31-29-42(30-32-43)46-48-44(40-25-21-38(22-26-40)19-17-36-13-9-7-10-14-36)47-45(49-46)41-27-23-39(24-28-41)20-18-37-15-11-8-12-16-37/h7-16,21-35H,1-6H3. The minimum atomic E-state index is -1.80. The van der Waals surface area contributed by atoms with E-state index in [9.17, 15) is 0 Å². The van der Waals surface area contributed by atoms with Gasteiger partial charge in [0.25, 0.3) is 0 Å². The van der Waals surface area contributed by atoms with Crippen molar-refractivity contribution < 1.29 is 0 Å². The van der Waals surface area contributed by atoms with Crippen LogP contribution >= 0.6 is 0 Å². The van der Waals surface area contributed by atoms with E-state index < -0.39 is 8.07 Å². The van der Waals surface area contributed by atoms with Crippen molar-refractivity contribution in [1.82, 2.24) is 15.0 Å². The van der Waals surface area contributed by atoms with E-state index in [2.05, 4.69) is 89.5 Å². The third-order valence-electron chi connectivity index (χ3n) is 9.68.